The Morgan fingerprint density at radius 3 is 2.76 bits per heavy atom. The van der Waals surface area contributed by atoms with Crippen LogP contribution < -0.4 is 10.6 Å². The first-order valence-corrected chi connectivity index (χ1v) is 7.27. The second kappa shape index (κ2) is 6.75. The topological polar surface area (TPSA) is 91.3 Å². The predicted molar refractivity (Wildman–Crippen MR) is 81.4 cm³/mol. The summed E-state index contributed by atoms with van der Waals surface area (Å²) >= 11 is 12.9. The average Bonchev–Trinajstić information content (AvgIpc) is 2.90. The van der Waals surface area contributed by atoms with Crippen molar-refractivity contribution in [3.8, 4) is 0 Å². The van der Waals surface area contributed by atoms with E-state index in [1.807, 2.05) is 0 Å². The van der Waals surface area contributed by atoms with Crippen molar-refractivity contribution >= 4 is 52.2 Å². The van der Waals surface area contributed by atoms with Crippen LogP contribution in [-0.2, 0) is 6.54 Å². The summed E-state index contributed by atoms with van der Waals surface area (Å²) in [5.74, 6) is -1.10. The van der Waals surface area contributed by atoms with Crippen LogP contribution in [0.3, 0.4) is 0 Å². The monoisotopic (exact) mass is 345 g/mol. The highest BCUT2D eigenvalue weighted by Gasteiger charge is 2.10. The van der Waals surface area contributed by atoms with Crippen LogP contribution in [0.4, 0.5) is 10.5 Å². The summed E-state index contributed by atoms with van der Waals surface area (Å²) < 4.78 is 0. The number of rotatable bonds is 4. The van der Waals surface area contributed by atoms with Crippen LogP contribution in [0.25, 0.3) is 0 Å². The first-order valence-electron chi connectivity index (χ1n) is 5.63. The number of carboxylic acids is 1. The molecule has 0 spiro atoms. The Morgan fingerprint density at radius 1 is 1.33 bits per heavy atom. The van der Waals surface area contributed by atoms with Gasteiger partial charge >= 0.3 is 12.0 Å². The molecule has 3 N–H and O–H groups in total. The fourth-order valence-electron chi connectivity index (χ4n) is 1.41. The third-order valence-corrected chi connectivity index (χ3v) is 3.76. The molecule has 1 heterocycles. The highest BCUT2D eigenvalue weighted by atomic mass is 35.5. The van der Waals surface area contributed by atoms with Gasteiger partial charge in [0.2, 0.25) is 0 Å². The van der Waals surface area contributed by atoms with Crippen molar-refractivity contribution in [3.63, 3.8) is 0 Å². The number of amides is 2. The maximum absolute atomic E-state index is 11.7. The number of aromatic carboxylic acids is 1. The quantitative estimate of drug-likeness (QED) is 0.791. The summed E-state index contributed by atoms with van der Waals surface area (Å²) in [5, 5.41) is 16.5. The second-order valence-electron chi connectivity index (χ2n) is 3.86. The van der Waals surface area contributed by atoms with Crippen LogP contribution in [0, 0.1) is 0 Å². The third kappa shape index (κ3) is 4.32. The fourth-order valence-corrected chi connectivity index (χ4v) is 2.45. The lowest BCUT2D eigenvalue weighted by Gasteiger charge is -2.08. The Bertz CT molecular complexity index is 690. The molecule has 0 aliphatic heterocycles. The minimum atomic E-state index is -1.10. The molecule has 0 atom stereocenters. The Balaban J connectivity index is 1.92. The molecule has 21 heavy (non-hydrogen) atoms. The number of nitrogens with zero attached hydrogens (tertiary/aromatic N) is 1. The van der Waals surface area contributed by atoms with E-state index in [0.717, 1.165) is 11.3 Å². The molecule has 2 rings (SSSR count). The minimum Gasteiger partial charge on any atom is -0.476 e. The van der Waals surface area contributed by atoms with Gasteiger partial charge in [-0.3, -0.25) is 0 Å². The Labute approximate surface area is 133 Å². The summed E-state index contributed by atoms with van der Waals surface area (Å²) in [5.41, 5.74) is 0.335. The molecule has 110 valence electrons. The summed E-state index contributed by atoms with van der Waals surface area (Å²) in [6.07, 6.45) is 0. The van der Waals surface area contributed by atoms with E-state index in [1.54, 1.807) is 12.1 Å². The van der Waals surface area contributed by atoms with Crippen molar-refractivity contribution in [1.29, 1.82) is 0 Å². The zero-order valence-electron chi connectivity index (χ0n) is 10.4. The van der Waals surface area contributed by atoms with Crippen molar-refractivity contribution in [2.24, 2.45) is 0 Å². The van der Waals surface area contributed by atoms with Gasteiger partial charge in [0.15, 0.2) is 5.69 Å². The number of benzene rings is 1. The summed E-state index contributed by atoms with van der Waals surface area (Å²) in [7, 11) is 0. The van der Waals surface area contributed by atoms with E-state index in [0.29, 0.717) is 20.7 Å². The molecule has 6 nitrogen and oxygen atoms in total. The summed E-state index contributed by atoms with van der Waals surface area (Å²) in [6, 6.07) is 4.21. The highest BCUT2D eigenvalue weighted by Crippen LogP contribution is 2.25. The first kappa shape index (κ1) is 15.6. The lowest BCUT2D eigenvalue weighted by Crippen LogP contribution is -2.28. The van der Waals surface area contributed by atoms with Crippen molar-refractivity contribution in [1.82, 2.24) is 10.3 Å². The van der Waals surface area contributed by atoms with Crippen LogP contribution in [0.15, 0.2) is 23.6 Å². The molecular formula is C12H9Cl2N3O3S. The Kier molecular flexibility index (Phi) is 5.00. The van der Waals surface area contributed by atoms with Gasteiger partial charge in [-0.25, -0.2) is 14.6 Å². The van der Waals surface area contributed by atoms with E-state index in [9.17, 15) is 9.59 Å². The van der Waals surface area contributed by atoms with Gasteiger partial charge in [0.25, 0.3) is 0 Å². The molecular weight excluding hydrogens is 337 g/mol. The molecule has 1 aromatic heterocycles. The number of anilines is 1. The number of thiazole rings is 1. The van der Waals surface area contributed by atoms with E-state index in [2.05, 4.69) is 15.6 Å². The Morgan fingerprint density at radius 2 is 2.10 bits per heavy atom. The number of nitrogens with one attached hydrogen (secondary N) is 2. The number of hydrogen-bond acceptors (Lipinski definition) is 4. The number of halogens is 2. The van der Waals surface area contributed by atoms with Crippen molar-refractivity contribution in [2.45, 2.75) is 6.54 Å². The number of carbonyl (C=O) groups excluding carboxylic acids is 1. The molecule has 0 fully saturated rings. The normalized spacial score (nSPS) is 10.2. The molecule has 1 aromatic carbocycles. The van der Waals surface area contributed by atoms with E-state index >= 15 is 0 Å². The minimum absolute atomic E-state index is 0.0462. The molecule has 0 aliphatic carbocycles. The van der Waals surface area contributed by atoms with Crippen LogP contribution >= 0.6 is 34.5 Å². The number of carbonyl (C=O) groups is 2. The Hall–Kier alpha value is -1.83. The zero-order chi connectivity index (χ0) is 15.4. The van der Waals surface area contributed by atoms with Gasteiger partial charge in [0, 0.05) is 10.4 Å². The van der Waals surface area contributed by atoms with E-state index < -0.39 is 12.0 Å². The van der Waals surface area contributed by atoms with Gasteiger partial charge in [-0.05, 0) is 18.2 Å². The number of urea groups is 1. The second-order valence-corrected chi connectivity index (χ2v) is 5.65. The van der Waals surface area contributed by atoms with Gasteiger partial charge in [-0.15, -0.1) is 11.3 Å². The van der Waals surface area contributed by atoms with Crippen LogP contribution in [-0.4, -0.2) is 22.1 Å². The van der Waals surface area contributed by atoms with Crippen molar-refractivity contribution in [3.05, 3.63) is 44.3 Å². The number of aromatic nitrogens is 1. The number of hydrogen-bond donors (Lipinski definition) is 3. The fraction of sp³-hybridized carbons (Fsp3) is 0.0833. The maximum Gasteiger partial charge on any atom is 0.355 e. The molecule has 0 radical (unpaired) electrons. The van der Waals surface area contributed by atoms with Crippen molar-refractivity contribution in [2.75, 3.05) is 5.32 Å². The van der Waals surface area contributed by atoms with Gasteiger partial charge in [-0.2, -0.15) is 0 Å². The zero-order valence-corrected chi connectivity index (χ0v) is 12.7. The number of carboxylic acid groups (broad SMARTS) is 1. The molecule has 0 unspecified atom stereocenters. The summed E-state index contributed by atoms with van der Waals surface area (Å²) in [6.45, 7) is 0.113. The largest absolute Gasteiger partial charge is 0.476 e. The smallest absolute Gasteiger partial charge is 0.355 e. The van der Waals surface area contributed by atoms with Crippen molar-refractivity contribution < 1.29 is 14.7 Å². The average molecular weight is 346 g/mol. The molecule has 0 bridgehead atoms. The maximum atomic E-state index is 11.7. The predicted octanol–water partition coefficient (Wildman–Crippen LogP) is 3.47. The lowest BCUT2D eigenvalue weighted by atomic mass is 10.3. The standard InChI is InChI=1S/C12H9Cl2N3O3S/c13-6-1-2-7(14)8(3-6)17-12(20)15-4-10-16-9(5-21-10)11(18)19/h1-3,5H,4H2,(H,18,19)(H2,15,17,20). The molecule has 0 saturated heterocycles. The van der Waals surface area contributed by atoms with Gasteiger partial charge < -0.3 is 15.7 Å². The molecule has 0 saturated carbocycles. The van der Waals surface area contributed by atoms with Crippen LogP contribution in [0.2, 0.25) is 10.0 Å². The van der Waals surface area contributed by atoms with E-state index in [1.165, 1.54) is 11.4 Å². The summed E-state index contributed by atoms with van der Waals surface area (Å²) in [4.78, 5) is 26.3. The molecule has 0 aliphatic rings. The molecule has 2 amide bonds. The van der Waals surface area contributed by atoms with Gasteiger partial charge in [-0.1, -0.05) is 23.2 Å². The van der Waals surface area contributed by atoms with Crippen LogP contribution in [0.1, 0.15) is 15.5 Å². The van der Waals surface area contributed by atoms with E-state index in [4.69, 9.17) is 28.3 Å². The van der Waals surface area contributed by atoms with Gasteiger partial charge in [0.1, 0.15) is 5.01 Å². The molecule has 9 heteroatoms. The highest BCUT2D eigenvalue weighted by molar-refractivity contribution is 7.09. The lowest BCUT2D eigenvalue weighted by molar-refractivity contribution is 0.0691. The van der Waals surface area contributed by atoms with Gasteiger partial charge in [0.05, 0.1) is 17.3 Å². The van der Waals surface area contributed by atoms with E-state index in [-0.39, 0.29) is 12.2 Å². The SMILES string of the molecule is O=C(NCc1nc(C(=O)O)cs1)Nc1cc(Cl)ccc1Cl. The van der Waals surface area contributed by atoms with Crippen LogP contribution in [0.5, 0.6) is 0 Å². The third-order valence-electron chi connectivity index (χ3n) is 2.35. The first-order chi connectivity index (χ1) is 9.95. The molecule has 2 aromatic rings.